The van der Waals surface area contributed by atoms with Crippen molar-refractivity contribution in [1.29, 1.82) is 0 Å². The van der Waals surface area contributed by atoms with E-state index in [1.54, 1.807) is 6.07 Å². The number of carboxylic acids is 1. The Labute approximate surface area is 99.4 Å². The highest BCUT2D eigenvalue weighted by atomic mass is 79.9. The summed E-state index contributed by atoms with van der Waals surface area (Å²) in [7, 11) is 0. The van der Waals surface area contributed by atoms with Crippen LogP contribution in [0.4, 0.5) is 8.78 Å². The van der Waals surface area contributed by atoms with Gasteiger partial charge in [-0.1, -0.05) is 28.1 Å². The molecular weight excluding hydrogens is 284 g/mol. The van der Waals surface area contributed by atoms with E-state index in [-0.39, 0.29) is 5.56 Å². The van der Waals surface area contributed by atoms with Crippen molar-refractivity contribution in [2.45, 2.75) is 11.8 Å². The standard InChI is InChI=1S/C10H10BrF2NO2/c11-7-3-1-2-6(4-7)10(5-14,8(12)13)9(15)16/h1-4,8H,5,14H2,(H,15,16). The highest BCUT2D eigenvalue weighted by molar-refractivity contribution is 9.10. The number of benzene rings is 1. The Balaban J connectivity index is 3.36. The van der Waals surface area contributed by atoms with Crippen LogP contribution in [0.15, 0.2) is 28.7 Å². The van der Waals surface area contributed by atoms with Gasteiger partial charge >= 0.3 is 5.97 Å². The number of carboxylic acid groups (broad SMARTS) is 1. The molecule has 0 fully saturated rings. The maximum Gasteiger partial charge on any atom is 0.321 e. The lowest BCUT2D eigenvalue weighted by atomic mass is 9.81. The van der Waals surface area contributed by atoms with E-state index in [0.29, 0.717) is 4.47 Å². The van der Waals surface area contributed by atoms with Crippen molar-refractivity contribution < 1.29 is 18.7 Å². The summed E-state index contributed by atoms with van der Waals surface area (Å²) in [5, 5.41) is 8.96. The van der Waals surface area contributed by atoms with Gasteiger partial charge in [0.05, 0.1) is 0 Å². The quantitative estimate of drug-likeness (QED) is 0.892. The summed E-state index contributed by atoms with van der Waals surface area (Å²) in [5.41, 5.74) is 2.86. The molecule has 1 aromatic carbocycles. The summed E-state index contributed by atoms with van der Waals surface area (Å²) in [5.74, 6) is -1.62. The predicted molar refractivity (Wildman–Crippen MR) is 58.5 cm³/mol. The zero-order valence-corrected chi connectivity index (χ0v) is 9.75. The molecule has 6 heteroatoms. The van der Waals surface area contributed by atoms with Crippen LogP contribution in [0, 0.1) is 0 Å². The monoisotopic (exact) mass is 293 g/mol. The van der Waals surface area contributed by atoms with E-state index in [1.807, 2.05) is 0 Å². The molecular formula is C10H10BrF2NO2. The topological polar surface area (TPSA) is 63.3 Å². The van der Waals surface area contributed by atoms with Gasteiger partial charge < -0.3 is 10.8 Å². The fourth-order valence-electron chi connectivity index (χ4n) is 1.40. The van der Waals surface area contributed by atoms with Gasteiger partial charge in [0.2, 0.25) is 0 Å². The van der Waals surface area contributed by atoms with E-state index in [2.05, 4.69) is 15.9 Å². The number of nitrogens with two attached hydrogens (primary N) is 1. The first-order valence-electron chi connectivity index (χ1n) is 4.42. The van der Waals surface area contributed by atoms with E-state index in [1.165, 1.54) is 18.2 Å². The number of rotatable bonds is 4. The highest BCUT2D eigenvalue weighted by Crippen LogP contribution is 2.32. The first-order chi connectivity index (χ1) is 7.45. The molecule has 0 aliphatic carbocycles. The largest absolute Gasteiger partial charge is 0.480 e. The fourth-order valence-corrected chi connectivity index (χ4v) is 1.80. The van der Waals surface area contributed by atoms with Crippen molar-refractivity contribution >= 4 is 21.9 Å². The molecule has 1 aromatic rings. The summed E-state index contributed by atoms with van der Waals surface area (Å²) in [6, 6.07) is 5.79. The van der Waals surface area contributed by atoms with E-state index in [9.17, 15) is 13.6 Å². The average Bonchev–Trinajstić information content (AvgIpc) is 2.18. The van der Waals surface area contributed by atoms with Crippen LogP contribution in [-0.2, 0) is 10.2 Å². The zero-order valence-electron chi connectivity index (χ0n) is 8.16. The molecule has 0 aliphatic heterocycles. The van der Waals surface area contributed by atoms with Crippen molar-refractivity contribution in [2.75, 3.05) is 6.54 Å². The third-order valence-electron chi connectivity index (χ3n) is 2.42. The molecule has 1 atom stereocenters. The van der Waals surface area contributed by atoms with Gasteiger partial charge in [0.1, 0.15) is 0 Å². The number of alkyl halides is 2. The maximum absolute atomic E-state index is 12.9. The van der Waals surface area contributed by atoms with E-state index in [0.717, 1.165) is 0 Å². The molecule has 1 unspecified atom stereocenters. The molecule has 0 amide bonds. The van der Waals surface area contributed by atoms with Crippen molar-refractivity contribution in [1.82, 2.24) is 0 Å². The lowest BCUT2D eigenvalue weighted by Crippen LogP contribution is -2.49. The third kappa shape index (κ3) is 2.08. The summed E-state index contributed by atoms with van der Waals surface area (Å²) in [4.78, 5) is 11.0. The minimum absolute atomic E-state index is 0.00752. The van der Waals surface area contributed by atoms with Gasteiger partial charge in [0.25, 0.3) is 6.43 Å². The van der Waals surface area contributed by atoms with Crippen molar-refractivity contribution in [3.8, 4) is 0 Å². The molecule has 88 valence electrons. The van der Waals surface area contributed by atoms with Crippen LogP contribution in [0.25, 0.3) is 0 Å². The Hall–Kier alpha value is -1.01. The molecule has 0 bridgehead atoms. The van der Waals surface area contributed by atoms with Crippen LogP contribution in [0.5, 0.6) is 0 Å². The number of hydrogen-bond donors (Lipinski definition) is 2. The Bertz CT molecular complexity index is 400. The zero-order chi connectivity index (χ0) is 12.3. The van der Waals surface area contributed by atoms with Crippen LogP contribution < -0.4 is 5.73 Å². The van der Waals surface area contributed by atoms with Gasteiger partial charge in [-0.05, 0) is 17.7 Å². The number of aliphatic carboxylic acids is 1. The van der Waals surface area contributed by atoms with Gasteiger partial charge in [-0.3, -0.25) is 4.79 Å². The predicted octanol–water partition coefficient (Wildman–Crippen LogP) is 2.00. The van der Waals surface area contributed by atoms with E-state index >= 15 is 0 Å². The third-order valence-corrected chi connectivity index (χ3v) is 2.91. The number of hydrogen-bond acceptors (Lipinski definition) is 2. The van der Waals surface area contributed by atoms with Crippen LogP contribution in [0.1, 0.15) is 5.56 Å². The summed E-state index contributed by atoms with van der Waals surface area (Å²) in [6.45, 7) is -0.656. The molecule has 0 spiro atoms. The lowest BCUT2D eigenvalue weighted by molar-refractivity contribution is -0.149. The number of carbonyl (C=O) groups is 1. The minimum Gasteiger partial charge on any atom is -0.480 e. The minimum atomic E-state index is -3.07. The summed E-state index contributed by atoms with van der Waals surface area (Å²) >= 11 is 3.10. The van der Waals surface area contributed by atoms with Crippen molar-refractivity contribution in [3.63, 3.8) is 0 Å². The molecule has 16 heavy (non-hydrogen) atoms. The molecule has 1 rings (SSSR count). The lowest BCUT2D eigenvalue weighted by Gasteiger charge is -2.27. The Morgan fingerprint density at radius 2 is 2.19 bits per heavy atom. The van der Waals surface area contributed by atoms with Crippen molar-refractivity contribution in [3.05, 3.63) is 34.3 Å². The molecule has 0 radical (unpaired) electrons. The Kier molecular flexibility index (Phi) is 3.98. The molecule has 3 nitrogen and oxygen atoms in total. The number of halogens is 3. The SMILES string of the molecule is NCC(C(=O)O)(c1cccc(Br)c1)C(F)F. The fraction of sp³-hybridized carbons (Fsp3) is 0.300. The second kappa shape index (κ2) is 4.88. The van der Waals surface area contributed by atoms with Crippen LogP contribution in [0.3, 0.4) is 0 Å². The Morgan fingerprint density at radius 3 is 2.56 bits per heavy atom. The molecule has 0 heterocycles. The van der Waals surface area contributed by atoms with Gasteiger partial charge in [-0.15, -0.1) is 0 Å². The summed E-state index contributed by atoms with van der Waals surface area (Å²) < 4.78 is 26.4. The van der Waals surface area contributed by atoms with Crippen molar-refractivity contribution in [2.24, 2.45) is 5.73 Å². The van der Waals surface area contributed by atoms with Crippen LogP contribution in [-0.4, -0.2) is 24.0 Å². The first kappa shape index (κ1) is 13.1. The van der Waals surface area contributed by atoms with Gasteiger partial charge in [0, 0.05) is 11.0 Å². The second-order valence-corrected chi connectivity index (χ2v) is 4.21. The second-order valence-electron chi connectivity index (χ2n) is 3.29. The maximum atomic E-state index is 12.9. The highest BCUT2D eigenvalue weighted by Gasteiger charge is 2.48. The molecule has 3 N–H and O–H groups in total. The van der Waals surface area contributed by atoms with Gasteiger partial charge in [0.15, 0.2) is 5.41 Å². The molecule has 0 aliphatic rings. The Morgan fingerprint density at radius 1 is 1.56 bits per heavy atom. The molecule has 0 saturated carbocycles. The first-order valence-corrected chi connectivity index (χ1v) is 5.22. The van der Waals surface area contributed by atoms with E-state index in [4.69, 9.17) is 10.8 Å². The van der Waals surface area contributed by atoms with Crippen LogP contribution >= 0.6 is 15.9 Å². The normalized spacial score (nSPS) is 14.8. The smallest absolute Gasteiger partial charge is 0.321 e. The average molecular weight is 294 g/mol. The van der Waals surface area contributed by atoms with Crippen LogP contribution in [0.2, 0.25) is 0 Å². The van der Waals surface area contributed by atoms with Gasteiger partial charge in [-0.2, -0.15) is 0 Å². The van der Waals surface area contributed by atoms with E-state index < -0.39 is 24.4 Å². The molecule has 0 saturated heterocycles. The summed E-state index contributed by atoms with van der Waals surface area (Å²) in [6.07, 6.45) is -3.07. The van der Waals surface area contributed by atoms with Gasteiger partial charge in [-0.25, -0.2) is 8.78 Å². The molecule has 0 aromatic heterocycles.